The molecule has 0 spiro atoms. The summed E-state index contributed by atoms with van der Waals surface area (Å²) in [5, 5.41) is 3.96. The molecule has 4 aliphatic carbocycles. The van der Waals surface area contributed by atoms with Crippen molar-refractivity contribution < 1.29 is 4.74 Å². The van der Waals surface area contributed by atoms with E-state index in [1.54, 1.807) is 11.1 Å². The van der Waals surface area contributed by atoms with Crippen molar-refractivity contribution in [2.75, 3.05) is 0 Å². The summed E-state index contributed by atoms with van der Waals surface area (Å²) in [5.74, 6) is 5.26. The van der Waals surface area contributed by atoms with Gasteiger partial charge in [-0.2, -0.15) is 0 Å². The highest BCUT2D eigenvalue weighted by atomic mass is 16.5. The van der Waals surface area contributed by atoms with Gasteiger partial charge in [-0.15, -0.1) is 0 Å². The summed E-state index contributed by atoms with van der Waals surface area (Å²) in [6.07, 6.45) is 7.04. The maximum atomic E-state index is 6.85. The summed E-state index contributed by atoms with van der Waals surface area (Å²) in [5.41, 5.74) is 17.8. The zero-order valence-corrected chi connectivity index (χ0v) is 27.8. The molecule has 6 aliphatic rings. The van der Waals surface area contributed by atoms with Gasteiger partial charge in [-0.25, -0.2) is 0 Å². The predicted molar refractivity (Wildman–Crippen MR) is 200 cm³/mol. The maximum Gasteiger partial charge on any atom is 0.256 e. The van der Waals surface area contributed by atoms with Crippen LogP contribution in [0.15, 0.2) is 84.9 Å². The monoisotopic (exact) mass is 620 g/mol. The van der Waals surface area contributed by atoms with Crippen LogP contribution in [0.4, 0.5) is 0 Å². The summed E-state index contributed by atoms with van der Waals surface area (Å²) in [6.45, 7) is 7.03. The molecule has 232 valence electrons. The van der Waals surface area contributed by atoms with Gasteiger partial charge in [0.2, 0.25) is 0 Å². The van der Waals surface area contributed by atoms with E-state index in [1.165, 1.54) is 109 Å². The van der Waals surface area contributed by atoms with Crippen LogP contribution in [0.1, 0.15) is 78.7 Å². The van der Waals surface area contributed by atoms with E-state index >= 15 is 0 Å². The number of ether oxygens (including phenoxy) is 1. The first kappa shape index (κ1) is 26.3. The van der Waals surface area contributed by atoms with Gasteiger partial charge >= 0.3 is 0 Å². The smallest absolute Gasteiger partial charge is 0.256 e. The summed E-state index contributed by atoms with van der Waals surface area (Å²) in [6, 6.07) is 32.5. The molecule has 2 atom stereocenters. The second kappa shape index (κ2) is 8.85. The number of rotatable bonds is 1. The van der Waals surface area contributed by atoms with Crippen molar-refractivity contribution in [2.24, 2.45) is 11.8 Å². The second-order valence-electron chi connectivity index (χ2n) is 15.9. The average Bonchev–Trinajstić information content (AvgIpc) is 3.38. The van der Waals surface area contributed by atoms with Gasteiger partial charge in [0, 0.05) is 16.5 Å². The number of nitrogens with zero attached hydrogens (tertiary/aromatic N) is 2. The number of para-hydroxylation sites is 1. The topological polar surface area (TPSA) is 18.6 Å². The van der Waals surface area contributed by atoms with E-state index in [4.69, 9.17) is 4.74 Å². The van der Waals surface area contributed by atoms with E-state index < -0.39 is 0 Å². The molecule has 48 heavy (non-hydrogen) atoms. The fraction of sp³-hybridized carbons (Fsp3) is 0.273. The van der Waals surface area contributed by atoms with Gasteiger partial charge in [-0.1, -0.05) is 48.5 Å². The standard InChI is InChI=1S/C44H37BN2O/c1-23-8-6-9-24(2)40(23)42-25(3)46-39-21-31-19-32-29-15-26-14-27(16-29)18-30(17-26)33(32)22-36(31)47(39)35-12-7-10-28-20-38-43(44(46)41(28)35)45(42)34-11-4-5-13-37(34)48-38/h4-13,19-22,26-27,29-30H,14-18H2,1-3H3. The zero-order chi connectivity index (χ0) is 31.6. The second-order valence-corrected chi connectivity index (χ2v) is 15.9. The molecule has 0 amide bonds. The van der Waals surface area contributed by atoms with Crippen LogP contribution in [0.2, 0.25) is 0 Å². The van der Waals surface area contributed by atoms with E-state index in [2.05, 4.69) is 115 Å². The molecule has 4 heteroatoms. The van der Waals surface area contributed by atoms with Gasteiger partial charge in [-0.3, -0.25) is 4.40 Å². The minimum Gasteiger partial charge on any atom is -0.458 e. The van der Waals surface area contributed by atoms with Gasteiger partial charge in [0.15, 0.2) is 0 Å². The SMILES string of the molecule is CC1=C(c2c(C)cccc2C)B2c3ccccc3Oc3cc4cccc5c4c(c32)n1c1cc2cc3c(cc2n51)C1CC2CC(CC3C2)C1. The minimum absolute atomic E-state index is 0.0891. The fourth-order valence-electron chi connectivity index (χ4n) is 11.7. The molecule has 2 saturated carbocycles. The van der Waals surface area contributed by atoms with Crippen LogP contribution in [0.25, 0.3) is 49.5 Å². The third-order valence-corrected chi connectivity index (χ3v) is 13.3. The third kappa shape index (κ3) is 3.13. The minimum atomic E-state index is 0.0891. The Morgan fingerprint density at radius 1 is 0.667 bits per heavy atom. The van der Waals surface area contributed by atoms with Gasteiger partial charge in [-0.05, 0) is 163 Å². The summed E-state index contributed by atoms with van der Waals surface area (Å²) >= 11 is 0. The van der Waals surface area contributed by atoms with Crippen molar-refractivity contribution >= 4 is 67.2 Å². The number of aryl methyl sites for hydroxylation is 2. The Balaban J connectivity index is 1.27. The highest BCUT2D eigenvalue weighted by Crippen LogP contribution is 2.57. The van der Waals surface area contributed by atoms with Crippen LogP contribution in [-0.2, 0) is 0 Å². The van der Waals surface area contributed by atoms with Crippen molar-refractivity contribution in [2.45, 2.75) is 64.7 Å². The molecule has 5 aromatic carbocycles. The Morgan fingerprint density at radius 3 is 2.19 bits per heavy atom. The maximum absolute atomic E-state index is 6.85. The lowest BCUT2D eigenvalue weighted by molar-refractivity contribution is 0.166. The average molecular weight is 621 g/mol. The Labute approximate surface area is 280 Å². The van der Waals surface area contributed by atoms with Gasteiger partial charge in [0.25, 0.3) is 6.71 Å². The lowest BCUT2D eigenvalue weighted by Gasteiger charge is -2.38. The molecule has 2 unspecified atom stereocenters. The molecule has 3 nitrogen and oxygen atoms in total. The van der Waals surface area contributed by atoms with Crippen molar-refractivity contribution in [3.05, 3.63) is 113 Å². The first-order chi connectivity index (χ1) is 23.5. The van der Waals surface area contributed by atoms with E-state index in [9.17, 15) is 0 Å². The molecule has 4 heterocycles. The van der Waals surface area contributed by atoms with Crippen molar-refractivity contribution in [3.8, 4) is 11.5 Å². The first-order valence-corrected chi connectivity index (χ1v) is 18.2. The molecule has 4 bridgehead atoms. The number of allylic oxidation sites excluding steroid dienone is 1. The number of benzene rings is 5. The molecular formula is C44H37BN2O. The van der Waals surface area contributed by atoms with Crippen LogP contribution < -0.4 is 15.7 Å². The van der Waals surface area contributed by atoms with E-state index in [0.29, 0.717) is 0 Å². The summed E-state index contributed by atoms with van der Waals surface area (Å²) in [4.78, 5) is 0. The third-order valence-electron chi connectivity index (χ3n) is 13.3. The molecule has 13 rings (SSSR count). The first-order valence-electron chi connectivity index (χ1n) is 18.2. The Morgan fingerprint density at radius 2 is 1.40 bits per heavy atom. The summed E-state index contributed by atoms with van der Waals surface area (Å²) in [7, 11) is 0. The lowest BCUT2D eigenvalue weighted by Crippen LogP contribution is -2.51. The molecule has 2 aromatic heterocycles. The lowest BCUT2D eigenvalue weighted by atomic mass is 9.32. The number of aromatic nitrogens is 2. The van der Waals surface area contributed by atoms with E-state index in [-0.39, 0.29) is 6.71 Å². The van der Waals surface area contributed by atoms with Gasteiger partial charge in [0.1, 0.15) is 17.1 Å². The molecule has 7 aromatic rings. The van der Waals surface area contributed by atoms with Gasteiger partial charge < -0.3 is 9.30 Å². The fourth-order valence-corrected chi connectivity index (χ4v) is 11.7. The van der Waals surface area contributed by atoms with Crippen LogP contribution in [0.3, 0.4) is 0 Å². The predicted octanol–water partition coefficient (Wildman–Crippen LogP) is 9.86. The van der Waals surface area contributed by atoms with E-state index in [1.807, 2.05) is 0 Å². The number of fused-ring (bicyclic) bond motifs is 7. The van der Waals surface area contributed by atoms with Crippen LogP contribution in [0, 0.1) is 25.7 Å². The highest BCUT2D eigenvalue weighted by molar-refractivity contribution is 7.03. The van der Waals surface area contributed by atoms with Gasteiger partial charge in [0.05, 0.1) is 16.6 Å². The largest absolute Gasteiger partial charge is 0.458 e. The van der Waals surface area contributed by atoms with E-state index in [0.717, 1.165) is 35.2 Å². The molecule has 0 saturated heterocycles. The number of hydrogen-bond acceptors (Lipinski definition) is 1. The quantitative estimate of drug-likeness (QED) is 0.167. The Hall–Kier alpha value is -4.70. The molecule has 0 radical (unpaired) electrons. The normalized spacial score (nSPS) is 23.4. The number of hydrogen-bond donors (Lipinski definition) is 0. The van der Waals surface area contributed by atoms with Crippen molar-refractivity contribution in [1.29, 1.82) is 0 Å². The molecule has 0 N–H and O–H groups in total. The zero-order valence-electron chi connectivity index (χ0n) is 27.8. The molecule has 2 fully saturated rings. The summed E-state index contributed by atoms with van der Waals surface area (Å²) < 4.78 is 12.1. The van der Waals surface area contributed by atoms with Crippen LogP contribution in [0.5, 0.6) is 11.5 Å². The van der Waals surface area contributed by atoms with Crippen molar-refractivity contribution in [1.82, 2.24) is 8.97 Å². The molecule has 2 aliphatic heterocycles. The molecular weight excluding hydrogens is 583 g/mol. The Kier molecular flexibility index (Phi) is 4.85. The van der Waals surface area contributed by atoms with Crippen LogP contribution >= 0.6 is 0 Å². The highest BCUT2D eigenvalue weighted by Gasteiger charge is 2.44. The Bertz CT molecular complexity index is 2620. The van der Waals surface area contributed by atoms with Crippen molar-refractivity contribution in [3.63, 3.8) is 0 Å². The van der Waals surface area contributed by atoms with Crippen LogP contribution in [-0.4, -0.2) is 15.7 Å².